The van der Waals surface area contributed by atoms with Crippen LogP contribution in [0.15, 0.2) is 29.8 Å². The molecular formula is C14H19N5OS. The molecule has 0 saturated carbocycles. The number of hydrogen-bond acceptors (Lipinski definition) is 4. The van der Waals surface area contributed by atoms with E-state index in [2.05, 4.69) is 34.0 Å². The lowest BCUT2D eigenvalue weighted by Gasteiger charge is -2.36. The van der Waals surface area contributed by atoms with Crippen LogP contribution in [0.4, 0.5) is 0 Å². The first-order valence-electron chi connectivity index (χ1n) is 7.04. The van der Waals surface area contributed by atoms with E-state index >= 15 is 0 Å². The van der Waals surface area contributed by atoms with Crippen molar-refractivity contribution in [3.63, 3.8) is 0 Å². The predicted octanol–water partition coefficient (Wildman–Crippen LogP) is 1.70. The van der Waals surface area contributed by atoms with Crippen LogP contribution < -0.4 is 0 Å². The SMILES string of the molecule is C[C@@H](Sc1nncn1C)C(=O)N1CCn2cccc2[C@@H]1C. The Hall–Kier alpha value is -1.76. The molecule has 2 aromatic heterocycles. The number of hydrogen-bond donors (Lipinski definition) is 0. The van der Waals surface area contributed by atoms with Gasteiger partial charge in [-0.15, -0.1) is 10.2 Å². The molecule has 1 aliphatic rings. The summed E-state index contributed by atoms with van der Waals surface area (Å²) in [5.41, 5.74) is 1.20. The molecule has 7 heteroatoms. The number of rotatable bonds is 3. The predicted molar refractivity (Wildman–Crippen MR) is 80.9 cm³/mol. The molecule has 3 rings (SSSR count). The number of carbonyl (C=O) groups excluding carboxylic acids is 1. The summed E-state index contributed by atoms with van der Waals surface area (Å²) in [5, 5.41) is 8.48. The van der Waals surface area contributed by atoms with E-state index in [0.717, 1.165) is 18.2 Å². The average Bonchev–Trinajstić information content (AvgIpc) is 3.08. The maximum absolute atomic E-state index is 12.7. The zero-order valence-corrected chi connectivity index (χ0v) is 13.2. The topological polar surface area (TPSA) is 56.0 Å². The van der Waals surface area contributed by atoms with E-state index in [1.54, 1.807) is 6.33 Å². The summed E-state index contributed by atoms with van der Waals surface area (Å²) in [6.45, 7) is 5.63. The molecular weight excluding hydrogens is 286 g/mol. The minimum atomic E-state index is -0.170. The molecule has 0 aliphatic carbocycles. The molecule has 0 radical (unpaired) electrons. The highest BCUT2D eigenvalue weighted by molar-refractivity contribution is 8.00. The summed E-state index contributed by atoms with van der Waals surface area (Å²) >= 11 is 1.46. The van der Waals surface area contributed by atoms with E-state index < -0.39 is 0 Å². The highest BCUT2D eigenvalue weighted by Gasteiger charge is 2.31. The summed E-state index contributed by atoms with van der Waals surface area (Å²) in [7, 11) is 1.88. The fraction of sp³-hybridized carbons (Fsp3) is 0.500. The van der Waals surface area contributed by atoms with Crippen LogP contribution in [0.1, 0.15) is 25.6 Å². The van der Waals surface area contributed by atoms with Crippen molar-refractivity contribution in [1.29, 1.82) is 0 Å². The fourth-order valence-corrected chi connectivity index (χ4v) is 3.56. The maximum Gasteiger partial charge on any atom is 0.236 e. The summed E-state index contributed by atoms with van der Waals surface area (Å²) in [6.07, 6.45) is 3.72. The van der Waals surface area contributed by atoms with Crippen molar-refractivity contribution < 1.29 is 4.79 Å². The molecule has 21 heavy (non-hydrogen) atoms. The highest BCUT2D eigenvalue weighted by atomic mass is 32.2. The number of fused-ring (bicyclic) bond motifs is 1. The van der Waals surface area contributed by atoms with Gasteiger partial charge in [0.2, 0.25) is 5.91 Å². The Labute approximate surface area is 128 Å². The molecule has 2 atom stereocenters. The molecule has 1 amide bonds. The van der Waals surface area contributed by atoms with Gasteiger partial charge in [-0.05, 0) is 26.0 Å². The number of carbonyl (C=O) groups is 1. The van der Waals surface area contributed by atoms with Gasteiger partial charge in [0, 0.05) is 32.0 Å². The third kappa shape index (κ3) is 2.57. The number of aromatic nitrogens is 4. The van der Waals surface area contributed by atoms with Gasteiger partial charge >= 0.3 is 0 Å². The van der Waals surface area contributed by atoms with E-state index in [-0.39, 0.29) is 17.2 Å². The molecule has 0 bridgehead atoms. The van der Waals surface area contributed by atoms with Gasteiger partial charge in [-0.1, -0.05) is 11.8 Å². The molecule has 6 nitrogen and oxygen atoms in total. The van der Waals surface area contributed by atoms with E-state index in [1.165, 1.54) is 17.5 Å². The quantitative estimate of drug-likeness (QED) is 0.810. The molecule has 0 fully saturated rings. The van der Waals surface area contributed by atoms with Crippen LogP contribution in [0.25, 0.3) is 0 Å². The fourth-order valence-electron chi connectivity index (χ4n) is 2.70. The largest absolute Gasteiger partial charge is 0.348 e. The van der Waals surface area contributed by atoms with Gasteiger partial charge in [-0.2, -0.15) is 0 Å². The monoisotopic (exact) mass is 305 g/mol. The summed E-state index contributed by atoms with van der Waals surface area (Å²) in [6, 6.07) is 4.24. The Kier molecular flexibility index (Phi) is 3.75. The Morgan fingerprint density at radius 2 is 2.29 bits per heavy atom. The summed E-state index contributed by atoms with van der Waals surface area (Å²) in [4.78, 5) is 14.7. The minimum Gasteiger partial charge on any atom is -0.348 e. The maximum atomic E-state index is 12.7. The Balaban J connectivity index is 1.72. The second-order valence-corrected chi connectivity index (χ2v) is 6.63. The lowest BCUT2D eigenvalue weighted by Crippen LogP contribution is -2.44. The van der Waals surface area contributed by atoms with Crippen LogP contribution in [0.5, 0.6) is 0 Å². The van der Waals surface area contributed by atoms with Crippen molar-refractivity contribution >= 4 is 17.7 Å². The Morgan fingerprint density at radius 1 is 1.48 bits per heavy atom. The van der Waals surface area contributed by atoms with Crippen molar-refractivity contribution in [2.75, 3.05) is 6.54 Å². The van der Waals surface area contributed by atoms with E-state index in [4.69, 9.17) is 0 Å². The number of aryl methyl sites for hydroxylation is 1. The van der Waals surface area contributed by atoms with Gasteiger partial charge in [0.05, 0.1) is 11.3 Å². The molecule has 1 aliphatic heterocycles. The average molecular weight is 305 g/mol. The molecule has 112 valence electrons. The molecule has 0 aromatic carbocycles. The smallest absolute Gasteiger partial charge is 0.236 e. The number of amides is 1. The van der Waals surface area contributed by atoms with Crippen molar-refractivity contribution in [2.24, 2.45) is 7.05 Å². The first-order chi connectivity index (χ1) is 10.1. The molecule has 0 saturated heterocycles. The molecule has 0 N–H and O–H groups in total. The molecule has 0 spiro atoms. The van der Waals surface area contributed by atoms with Crippen LogP contribution in [0.2, 0.25) is 0 Å². The van der Waals surface area contributed by atoms with Gasteiger partial charge in [0.1, 0.15) is 6.33 Å². The Bertz CT molecular complexity index is 649. The van der Waals surface area contributed by atoms with Crippen molar-refractivity contribution in [3.05, 3.63) is 30.4 Å². The van der Waals surface area contributed by atoms with Gasteiger partial charge in [-0.3, -0.25) is 4.79 Å². The van der Waals surface area contributed by atoms with Gasteiger partial charge in [-0.25, -0.2) is 0 Å². The second-order valence-electron chi connectivity index (χ2n) is 5.32. The lowest BCUT2D eigenvalue weighted by atomic mass is 10.1. The first kappa shape index (κ1) is 14.2. The molecule has 0 unspecified atom stereocenters. The lowest BCUT2D eigenvalue weighted by molar-refractivity contribution is -0.133. The third-order valence-electron chi connectivity index (χ3n) is 3.92. The van der Waals surface area contributed by atoms with Crippen LogP contribution in [-0.4, -0.2) is 41.9 Å². The van der Waals surface area contributed by atoms with Crippen LogP contribution >= 0.6 is 11.8 Å². The van der Waals surface area contributed by atoms with Crippen molar-refractivity contribution in [1.82, 2.24) is 24.2 Å². The zero-order chi connectivity index (χ0) is 15.0. The van der Waals surface area contributed by atoms with Gasteiger partial charge < -0.3 is 14.0 Å². The van der Waals surface area contributed by atoms with Crippen LogP contribution in [-0.2, 0) is 18.4 Å². The normalized spacial score (nSPS) is 19.4. The van der Waals surface area contributed by atoms with Crippen molar-refractivity contribution in [2.45, 2.75) is 36.8 Å². The molecule has 3 heterocycles. The molecule has 2 aromatic rings. The standard InChI is InChI=1S/C14H19N5OS/c1-10-12-5-4-6-18(12)7-8-19(10)13(20)11(2)21-14-16-15-9-17(14)3/h4-6,9-11H,7-8H2,1-3H3/t10-,11+/m0/s1. The van der Waals surface area contributed by atoms with Crippen LogP contribution in [0.3, 0.4) is 0 Å². The van der Waals surface area contributed by atoms with Gasteiger partial charge in [0.25, 0.3) is 0 Å². The summed E-state index contributed by atoms with van der Waals surface area (Å²) < 4.78 is 4.05. The number of thioether (sulfide) groups is 1. The zero-order valence-electron chi connectivity index (χ0n) is 12.4. The highest BCUT2D eigenvalue weighted by Crippen LogP contribution is 2.29. The van der Waals surface area contributed by atoms with E-state index in [9.17, 15) is 4.79 Å². The number of nitrogens with zero attached hydrogens (tertiary/aromatic N) is 5. The van der Waals surface area contributed by atoms with Gasteiger partial charge in [0.15, 0.2) is 5.16 Å². The third-order valence-corrected chi connectivity index (χ3v) is 5.06. The summed E-state index contributed by atoms with van der Waals surface area (Å²) in [5.74, 6) is 0.156. The minimum absolute atomic E-state index is 0.115. The first-order valence-corrected chi connectivity index (χ1v) is 7.92. The second kappa shape index (κ2) is 5.55. The van der Waals surface area contributed by atoms with Crippen molar-refractivity contribution in [3.8, 4) is 0 Å². The van der Waals surface area contributed by atoms with E-state index in [0.29, 0.717) is 0 Å². The van der Waals surface area contributed by atoms with Crippen LogP contribution in [0, 0.1) is 0 Å². The Morgan fingerprint density at radius 3 is 3.00 bits per heavy atom. The van der Waals surface area contributed by atoms with E-state index in [1.807, 2.05) is 29.5 Å².